The van der Waals surface area contributed by atoms with Crippen LogP contribution < -0.4 is 5.73 Å². The fourth-order valence-corrected chi connectivity index (χ4v) is 3.60. The lowest BCUT2D eigenvalue weighted by Crippen LogP contribution is -2.35. The van der Waals surface area contributed by atoms with Crippen molar-refractivity contribution in [2.24, 2.45) is 5.73 Å². The van der Waals surface area contributed by atoms with Gasteiger partial charge in [-0.1, -0.05) is 6.07 Å². The highest BCUT2D eigenvalue weighted by Gasteiger charge is 2.28. The molecule has 0 saturated carbocycles. The molecule has 1 aliphatic heterocycles. The number of hydrogen-bond donors (Lipinski definition) is 1. The van der Waals surface area contributed by atoms with Crippen molar-refractivity contribution in [1.82, 2.24) is 9.88 Å². The average Bonchev–Trinajstić information content (AvgIpc) is 2.35. The number of likely N-dealkylation sites (N-methyl/N-ethyl adjacent to an activating group) is 1. The van der Waals surface area contributed by atoms with Crippen LogP contribution in [0, 0.1) is 13.8 Å². The lowest BCUT2D eigenvalue weighted by Gasteiger charge is -2.32. The van der Waals surface area contributed by atoms with Gasteiger partial charge >= 0.3 is 0 Å². The number of fused-ring (bicyclic) bond motifs is 2. The second kappa shape index (κ2) is 4.79. The van der Waals surface area contributed by atoms with E-state index in [0.717, 1.165) is 25.0 Å². The molecule has 0 atom stereocenters. The van der Waals surface area contributed by atoms with Crippen LogP contribution in [0.25, 0.3) is 10.9 Å². The standard InChI is InChI=1S/C18H25N3/c1-11-8-12(2)16-15(9-11)20-14-6-7-21(5)10-13(14)17(16)18(3,4)19/h8-9H,6-7,10,19H2,1-5H3. The van der Waals surface area contributed by atoms with Crippen LogP contribution in [0.4, 0.5) is 0 Å². The molecule has 2 heterocycles. The molecule has 3 heteroatoms. The first-order valence-corrected chi connectivity index (χ1v) is 7.68. The van der Waals surface area contributed by atoms with E-state index in [4.69, 9.17) is 10.7 Å². The predicted molar refractivity (Wildman–Crippen MR) is 88.5 cm³/mol. The van der Waals surface area contributed by atoms with Crippen molar-refractivity contribution in [3.8, 4) is 0 Å². The van der Waals surface area contributed by atoms with Gasteiger partial charge in [-0.05, 0) is 63.1 Å². The Hall–Kier alpha value is -1.45. The number of pyridine rings is 1. The van der Waals surface area contributed by atoms with E-state index in [1.807, 2.05) is 0 Å². The molecule has 0 unspecified atom stereocenters. The Kier molecular flexibility index (Phi) is 3.30. The molecular formula is C18H25N3. The molecule has 0 fully saturated rings. The zero-order chi connectivity index (χ0) is 15.4. The molecule has 0 spiro atoms. The van der Waals surface area contributed by atoms with Crippen molar-refractivity contribution < 1.29 is 0 Å². The smallest absolute Gasteiger partial charge is 0.0714 e. The summed E-state index contributed by atoms with van der Waals surface area (Å²) < 4.78 is 0. The zero-order valence-electron chi connectivity index (χ0n) is 13.7. The van der Waals surface area contributed by atoms with Gasteiger partial charge in [-0.15, -0.1) is 0 Å². The Bertz CT molecular complexity index is 711. The second-order valence-corrected chi connectivity index (χ2v) is 7.10. The summed E-state index contributed by atoms with van der Waals surface area (Å²) in [6.45, 7) is 10.5. The number of benzene rings is 1. The van der Waals surface area contributed by atoms with E-state index in [-0.39, 0.29) is 5.54 Å². The molecule has 1 aromatic heterocycles. The lowest BCUT2D eigenvalue weighted by molar-refractivity contribution is 0.306. The van der Waals surface area contributed by atoms with Gasteiger partial charge in [-0.2, -0.15) is 0 Å². The first-order chi connectivity index (χ1) is 9.77. The number of rotatable bonds is 1. The highest BCUT2D eigenvalue weighted by atomic mass is 15.1. The Labute approximate surface area is 127 Å². The molecule has 0 bridgehead atoms. The van der Waals surface area contributed by atoms with Gasteiger partial charge in [0.2, 0.25) is 0 Å². The normalized spacial score (nSPS) is 16.3. The zero-order valence-corrected chi connectivity index (χ0v) is 13.7. The third-order valence-corrected chi connectivity index (χ3v) is 4.42. The van der Waals surface area contributed by atoms with E-state index < -0.39 is 0 Å². The van der Waals surface area contributed by atoms with E-state index in [1.54, 1.807) is 0 Å². The summed E-state index contributed by atoms with van der Waals surface area (Å²) in [6.07, 6.45) is 1.01. The van der Waals surface area contributed by atoms with Crippen molar-refractivity contribution in [3.63, 3.8) is 0 Å². The third kappa shape index (κ3) is 2.45. The van der Waals surface area contributed by atoms with Crippen molar-refractivity contribution in [2.45, 2.75) is 46.2 Å². The molecule has 0 amide bonds. The maximum absolute atomic E-state index is 6.55. The molecule has 2 N–H and O–H groups in total. The van der Waals surface area contributed by atoms with Crippen LogP contribution in [0.15, 0.2) is 12.1 Å². The van der Waals surface area contributed by atoms with Gasteiger partial charge in [0, 0.05) is 36.1 Å². The summed E-state index contributed by atoms with van der Waals surface area (Å²) in [5, 5.41) is 1.25. The molecule has 2 aromatic rings. The molecule has 0 saturated heterocycles. The molecule has 21 heavy (non-hydrogen) atoms. The van der Waals surface area contributed by atoms with Gasteiger partial charge in [-0.3, -0.25) is 4.98 Å². The van der Waals surface area contributed by atoms with E-state index in [2.05, 4.69) is 51.8 Å². The number of aryl methyl sites for hydroxylation is 2. The van der Waals surface area contributed by atoms with Crippen LogP contribution in [0.3, 0.4) is 0 Å². The summed E-state index contributed by atoms with van der Waals surface area (Å²) in [7, 11) is 2.17. The average molecular weight is 283 g/mol. The number of nitrogens with two attached hydrogens (primary N) is 1. The maximum Gasteiger partial charge on any atom is 0.0714 e. The van der Waals surface area contributed by atoms with E-state index in [0.29, 0.717) is 0 Å². The van der Waals surface area contributed by atoms with E-state index in [9.17, 15) is 0 Å². The largest absolute Gasteiger partial charge is 0.322 e. The monoisotopic (exact) mass is 283 g/mol. The Morgan fingerprint density at radius 3 is 2.62 bits per heavy atom. The van der Waals surface area contributed by atoms with E-state index in [1.165, 1.54) is 33.3 Å². The van der Waals surface area contributed by atoms with Gasteiger partial charge in [-0.25, -0.2) is 0 Å². The van der Waals surface area contributed by atoms with Crippen molar-refractivity contribution in [2.75, 3.05) is 13.6 Å². The summed E-state index contributed by atoms with van der Waals surface area (Å²) in [5.41, 5.74) is 13.7. The first-order valence-electron chi connectivity index (χ1n) is 7.68. The molecule has 0 aliphatic carbocycles. The topological polar surface area (TPSA) is 42.1 Å². The summed E-state index contributed by atoms with van der Waals surface area (Å²) >= 11 is 0. The van der Waals surface area contributed by atoms with Crippen molar-refractivity contribution in [3.05, 3.63) is 40.1 Å². The van der Waals surface area contributed by atoms with Crippen LogP contribution in [0.2, 0.25) is 0 Å². The van der Waals surface area contributed by atoms with Gasteiger partial charge in [0.1, 0.15) is 0 Å². The van der Waals surface area contributed by atoms with E-state index >= 15 is 0 Å². The minimum atomic E-state index is -0.358. The molecule has 0 radical (unpaired) electrons. The molecule has 112 valence electrons. The summed E-state index contributed by atoms with van der Waals surface area (Å²) in [5.74, 6) is 0. The number of aromatic nitrogens is 1. The van der Waals surface area contributed by atoms with Crippen LogP contribution in [-0.2, 0) is 18.5 Å². The SMILES string of the molecule is Cc1cc(C)c2c(C(C)(C)N)c3c(nc2c1)CCN(C)C3. The van der Waals surface area contributed by atoms with Crippen LogP contribution >= 0.6 is 0 Å². The Balaban J connectivity index is 2.44. The lowest BCUT2D eigenvalue weighted by atomic mass is 9.83. The van der Waals surface area contributed by atoms with Gasteiger partial charge in [0.05, 0.1) is 5.52 Å². The van der Waals surface area contributed by atoms with Gasteiger partial charge in [0.15, 0.2) is 0 Å². The fourth-order valence-electron chi connectivity index (χ4n) is 3.60. The molecule has 3 rings (SSSR count). The molecule has 1 aromatic carbocycles. The second-order valence-electron chi connectivity index (χ2n) is 7.10. The first kappa shape index (κ1) is 14.5. The molecule has 3 nitrogen and oxygen atoms in total. The Morgan fingerprint density at radius 1 is 1.24 bits per heavy atom. The summed E-state index contributed by atoms with van der Waals surface area (Å²) in [4.78, 5) is 7.32. The molecule has 1 aliphatic rings. The van der Waals surface area contributed by atoms with Gasteiger partial charge in [0.25, 0.3) is 0 Å². The molecular weight excluding hydrogens is 258 g/mol. The highest BCUT2D eigenvalue weighted by Crippen LogP contribution is 2.35. The van der Waals surface area contributed by atoms with Crippen molar-refractivity contribution >= 4 is 10.9 Å². The van der Waals surface area contributed by atoms with Crippen LogP contribution in [0.5, 0.6) is 0 Å². The number of hydrogen-bond acceptors (Lipinski definition) is 3. The maximum atomic E-state index is 6.55. The minimum Gasteiger partial charge on any atom is -0.322 e. The predicted octanol–water partition coefficient (Wildman–Crippen LogP) is 3.03. The van der Waals surface area contributed by atoms with Crippen molar-refractivity contribution in [1.29, 1.82) is 0 Å². The summed E-state index contributed by atoms with van der Waals surface area (Å²) in [6, 6.07) is 4.42. The third-order valence-electron chi connectivity index (χ3n) is 4.42. The van der Waals surface area contributed by atoms with Gasteiger partial charge < -0.3 is 10.6 Å². The number of nitrogens with zero attached hydrogens (tertiary/aromatic N) is 2. The van der Waals surface area contributed by atoms with Crippen LogP contribution in [-0.4, -0.2) is 23.5 Å². The quantitative estimate of drug-likeness (QED) is 0.874. The minimum absolute atomic E-state index is 0.358. The highest BCUT2D eigenvalue weighted by molar-refractivity contribution is 5.88. The van der Waals surface area contributed by atoms with Crippen LogP contribution in [0.1, 0.15) is 41.8 Å². The Morgan fingerprint density at radius 2 is 1.95 bits per heavy atom. The fraction of sp³-hybridized carbons (Fsp3) is 0.500.